The molecule has 0 heterocycles. The zero-order chi connectivity index (χ0) is 13.7. The van der Waals surface area contributed by atoms with E-state index in [9.17, 15) is 31.4 Å². The molecule has 0 aromatic heterocycles. The molecular weight excluding hydrogens is 279 g/mol. The number of methoxy groups -OCH3 is 1. The van der Waals surface area contributed by atoms with Crippen molar-refractivity contribution in [1.29, 1.82) is 0 Å². The second-order valence-electron chi connectivity index (χ2n) is 2.76. The van der Waals surface area contributed by atoms with Gasteiger partial charge in [0.1, 0.15) is 5.71 Å². The quantitative estimate of drug-likeness (QED) is 0.206. The van der Waals surface area contributed by atoms with Crippen LogP contribution in [0.4, 0.5) is 26.3 Å². The maximum Gasteiger partial charge on any atom is 1.00 e. The second kappa shape index (κ2) is 8.03. The SMILES string of the molecule is COCCN=C(/C=C(\[O-])C(F)(F)F)C(F)(F)F.[Na+]. The van der Waals surface area contributed by atoms with Gasteiger partial charge in [-0.15, -0.1) is 0 Å². The summed E-state index contributed by atoms with van der Waals surface area (Å²) in [5, 5.41) is 10.4. The van der Waals surface area contributed by atoms with Gasteiger partial charge in [-0.1, -0.05) is 0 Å². The van der Waals surface area contributed by atoms with Gasteiger partial charge in [0.25, 0.3) is 0 Å². The largest absolute Gasteiger partial charge is 1.00 e. The van der Waals surface area contributed by atoms with Crippen molar-refractivity contribution in [3.8, 4) is 0 Å². The Labute approximate surface area is 121 Å². The third-order valence-corrected chi connectivity index (χ3v) is 1.42. The molecule has 0 saturated heterocycles. The van der Waals surface area contributed by atoms with Crippen LogP contribution in [0.2, 0.25) is 0 Å². The van der Waals surface area contributed by atoms with Crippen LogP contribution >= 0.6 is 0 Å². The second-order valence-corrected chi connectivity index (χ2v) is 2.76. The minimum Gasteiger partial charge on any atom is -0.869 e. The maximum absolute atomic E-state index is 12.2. The summed E-state index contributed by atoms with van der Waals surface area (Å²) in [6, 6.07) is 0. The molecule has 0 unspecified atom stereocenters. The minimum absolute atomic E-state index is 0. The van der Waals surface area contributed by atoms with E-state index in [1.807, 2.05) is 0 Å². The fraction of sp³-hybridized carbons (Fsp3) is 0.625. The van der Waals surface area contributed by atoms with Crippen molar-refractivity contribution >= 4 is 5.71 Å². The molecule has 0 aliphatic heterocycles. The molecule has 0 N–H and O–H groups in total. The van der Waals surface area contributed by atoms with E-state index in [1.54, 1.807) is 0 Å². The standard InChI is InChI=1S/C8H9F6NO2.Na/c1-17-3-2-15-5(7(9,10)11)4-6(16)8(12,13)14;/h4,16H,2-3H2,1H3;/q;+1/p-1/b6-4-,15-5?;. The Morgan fingerprint density at radius 1 is 1.17 bits per heavy atom. The van der Waals surface area contributed by atoms with Crippen molar-refractivity contribution in [1.82, 2.24) is 0 Å². The fourth-order valence-electron chi connectivity index (χ4n) is 0.681. The molecule has 0 spiro atoms. The van der Waals surface area contributed by atoms with Gasteiger partial charge in [-0.3, -0.25) is 4.99 Å². The number of hydrogen-bond acceptors (Lipinski definition) is 3. The molecule has 0 rings (SSSR count). The summed E-state index contributed by atoms with van der Waals surface area (Å²) in [5.41, 5.74) is -1.88. The number of nitrogens with zero attached hydrogens (tertiary/aromatic N) is 1. The van der Waals surface area contributed by atoms with Gasteiger partial charge in [0, 0.05) is 7.11 Å². The van der Waals surface area contributed by atoms with Crippen molar-refractivity contribution < 1.29 is 65.7 Å². The first-order valence-electron chi connectivity index (χ1n) is 4.15. The molecule has 100 valence electrons. The number of rotatable bonds is 4. The van der Waals surface area contributed by atoms with E-state index in [-0.39, 0.29) is 36.2 Å². The van der Waals surface area contributed by atoms with E-state index >= 15 is 0 Å². The zero-order valence-electron chi connectivity index (χ0n) is 9.52. The van der Waals surface area contributed by atoms with Crippen LogP contribution in [0.3, 0.4) is 0 Å². The molecule has 0 aromatic rings. The molecule has 0 atom stereocenters. The molecule has 0 aromatic carbocycles. The maximum atomic E-state index is 12.2. The molecule has 0 bridgehead atoms. The Balaban J connectivity index is 0. The van der Waals surface area contributed by atoms with E-state index in [1.165, 1.54) is 7.11 Å². The van der Waals surface area contributed by atoms with Crippen LogP contribution in [0.15, 0.2) is 16.8 Å². The third-order valence-electron chi connectivity index (χ3n) is 1.42. The summed E-state index contributed by atoms with van der Waals surface area (Å²) in [7, 11) is 1.19. The van der Waals surface area contributed by atoms with Crippen LogP contribution in [0, 0.1) is 0 Å². The Bertz CT molecular complexity index is 310. The predicted octanol–water partition coefficient (Wildman–Crippen LogP) is -1.55. The van der Waals surface area contributed by atoms with Gasteiger partial charge < -0.3 is 9.84 Å². The van der Waals surface area contributed by atoms with E-state index in [2.05, 4.69) is 9.73 Å². The summed E-state index contributed by atoms with van der Waals surface area (Å²) < 4.78 is 76.2. The van der Waals surface area contributed by atoms with Gasteiger partial charge >= 0.3 is 41.9 Å². The number of allylic oxidation sites excluding steroid dienone is 2. The summed E-state index contributed by atoms with van der Waals surface area (Å²) in [6.07, 6.45) is -11.0. The van der Waals surface area contributed by atoms with Crippen molar-refractivity contribution in [2.24, 2.45) is 4.99 Å². The van der Waals surface area contributed by atoms with E-state index in [0.717, 1.165) is 0 Å². The van der Waals surface area contributed by atoms with Gasteiger partial charge in [-0.05, 0) is 11.8 Å². The first-order valence-corrected chi connectivity index (χ1v) is 4.15. The summed E-state index contributed by atoms with van der Waals surface area (Å²) in [4.78, 5) is 2.83. The fourth-order valence-corrected chi connectivity index (χ4v) is 0.681. The van der Waals surface area contributed by atoms with Crippen molar-refractivity contribution in [3.63, 3.8) is 0 Å². The minimum atomic E-state index is -5.35. The van der Waals surface area contributed by atoms with Crippen LogP contribution in [0.1, 0.15) is 0 Å². The normalized spacial score (nSPS) is 14.4. The first kappa shape index (κ1) is 20.1. The van der Waals surface area contributed by atoms with Crippen LogP contribution in [0.5, 0.6) is 0 Å². The van der Waals surface area contributed by atoms with Gasteiger partial charge in [0.05, 0.1) is 13.2 Å². The van der Waals surface area contributed by atoms with Crippen LogP contribution in [0.25, 0.3) is 0 Å². The third kappa shape index (κ3) is 7.96. The van der Waals surface area contributed by atoms with Crippen LogP contribution in [-0.2, 0) is 4.74 Å². The first-order chi connectivity index (χ1) is 7.59. The Hall–Kier alpha value is -0.250. The summed E-state index contributed by atoms with van der Waals surface area (Å²) in [6.45, 7) is -0.694. The molecular formula is C8H8F6NNaO2. The molecule has 0 fully saturated rings. The molecule has 10 heteroatoms. The van der Waals surface area contributed by atoms with Crippen molar-refractivity contribution in [3.05, 3.63) is 11.8 Å². The smallest absolute Gasteiger partial charge is 0.869 e. The molecule has 0 aliphatic carbocycles. The summed E-state index contributed by atoms with van der Waals surface area (Å²) >= 11 is 0. The van der Waals surface area contributed by atoms with E-state index < -0.39 is 36.4 Å². The van der Waals surface area contributed by atoms with Crippen molar-refractivity contribution in [2.45, 2.75) is 12.4 Å². The Morgan fingerprint density at radius 2 is 1.67 bits per heavy atom. The Kier molecular flexibility index (Phi) is 8.95. The van der Waals surface area contributed by atoms with Crippen molar-refractivity contribution in [2.75, 3.05) is 20.3 Å². The molecule has 0 aliphatic rings. The number of halogens is 6. The predicted molar refractivity (Wildman–Crippen MR) is 44.4 cm³/mol. The molecule has 3 nitrogen and oxygen atoms in total. The molecule has 0 radical (unpaired) electrons. The topological polar surface area (TPSA) is 44.6 Å². The van der Waals surface area contributed by atoms with E-state index in [4.69, 9.17) is 0 Å². The number of hydrogen-bond donors (Lipinski definition) is 0. The zero-order valence-corrected chi connectivity index (χ0v) is 11.5. The molecule has 0 saturated carbocycles. The number of aliphatic imine (C=N–C) groups is 1. The average Bonchev–Trinajstić information content (AvgIpc) is 2.13. The van der Waals surface area contributed by atoms with E-state index in [0.29, 0.717) is 0 Å². The van der Waals surface area contributed by atoms with Gasteiger partial charge in [-0.25, -0.2) is 0 Å². The molecule has 18 heavy (non-hydrogen) atoms. The monoisotopic (exact) mass is 287 g/mol. The summed E-state index contributed by atoms with van der Waals surface area (Å²) in [5.74, 6) is -2.61. The van der Waals surface area contributed by atoms with Crippen LogP contribution in [-0.4, -0.2) is 38.3 Å². The number of ether oxygens (including phenoxy) is 1. The molecule has 0 amide bonds. The van der Waals surface area contributed by atoms with Gasteiger partial charge in [0.15, 0.2) is 0 Å². The number of alkyl halides is 6. The van der Waals surface area contributed by atoms with Gasteiger partial charge in [0.2, 0.25) is 0 Å². The Morgan fingerprint density at radius 3 is 2.00 bits per heavy atom. The average molecular weight is 287 g/mol. The van der Waals surface area contributed by atoms with Gasteiger partial charge in [-0.2, -0.15) is 26.3 Å². The van der Waals surface area contributed by atoms with Crippen LogP contribution < -0.4 is 34.7 Å².